The summed E-state index contributed by atoms with van der Waals surface area (Å²) in [5.74, 6) is 2.27. The number of rotatable bonds is 5. The van der Waals surface area contributed by atoms with E-state index in [2.05, 4.69) is 30.5 Å². The van der Waals surface area contributed by atoms with Crippen molar-refractivity contribution in [3.8, 4) is 28.9 Å². The summed E-state index contributed by atoms with van der Waals surface area (Å²) in [5, 5.41) is 15.0. The van der Waals surface area contributed by atoms with Gasteiger partial charge >= 0.3 is 6.01 Å². The Hall–Kier alpha value is -4.28. The molecule has 0 aliphatic heterocycles. The lowest BCUT2D eigenvalue weighted by atomic mass is 10.1. The van der Waals surface area contributed by atoms with Crippen LogP contribution < -0.4 is 10.1 Å². The third-order valence-corrected chi connectivity index (χ3v) is 4.76. The number of aryl methyl sites for hydroxylation is 2. The van der Waals surface area contributed by atoms with Crippen molar-refractivity contribution < 1.29 is 4.74 Å². The van der Waals surface area contributed by atoms with Gasteiger partial charge in [-0.3, -0.25) is 5.10 Å². The van der Waals surface area contributed by atoms with Gasteiger partial charge in [-0.05, 0) is 24.6 Å². The molecule has 0 bridgehead atoms. The number of anilines is 2. The Morgan fingerprint density at radius 3 is 2.73 bits per heavy atom. The molecule has 5 heterocycles. The molecule has 0 aliphatic rings. The zero-order chi connectivity index (χ0) is 20.7. The fourth-order valence-corrected chi connectivity index (χ4v) is 3.30. The van der Waals surface area contributed by atoms with Crippen LogP contribution in [0.5, 0.6) is 6.01 Å². The zero-order valence-corrected chi connectivity index (χ0v) is 16.5. The van der Waals surface area contributed by atoms with Crippen molar-refractivity contribution in [1.82, 2.24) is 44.3 Å². The third kappa shape index (κ3) is 2.92. The molecule has 5 rings (SSSR count). The molecule has 11 heteroatoms. The molecule has 0 amide bonds. The second-order valence-corrected chi connectivity index (χ2v) is 6.63. The minimum Gasteiger partial charge on any atom is -0.467 e. The van der Waals surface area contributed by atoms with E-state index in [0.29, 0.717) is 23.3 Å². The monoisotopic (exact) mass is 402 g/mol. The van der Waals surface area contributed by atoms with Gasteiger partial charge in [0.15, 0.2) is 11.6 Å². The number of hydrogen-bond donors (Lipinski definition) is 2. The van der Waals surface area contributed by atoms with Crippen molar-refractivity contribution >= 4 is 17.2 Å². The Labute approximate surface area is 170 Å². The maximum absolute atomic E-state index is 5.13. The predicted molar refractivity (Wildman–Crippen MR) is 109 cm³/mol. The first-order chi connectivity index (χ1) is 14.6. The number of aromatic amines is 1. The van der Waals surface area contributed by atoms with Gasteiger partial charge in [-0.25, -0.2) is 19.5 Å². The topological polar surface area (TPSA) is 124 Å². The maximum atomic E-state index is 5.13. The molecular formula is C19H18N10O. The Morgan fingerprint density at radius 1 is 1.10 bits per heavy atom. The van der Waals surface area contributed by atoms with Crippen LogP contribution in [0.4, 0.5) is 11.6 Å². The van der Waals surface area contributed by atoms with Crippen molar-refractivity contribution in [2.45, 2.75) is 6.92 Å². The van der Waals surface area contributed by atoms with E-state index in [-0.39, 0.29) is 6.01 Å². The molecule has 0 aromatic carbocycles. The average Bonchev–Trinajstić information content (AvgIpc) is 3.48. The van der Waals surface area contributed by atoms with Crippen molar-refractivity contribution in [3.05, 3.63) is 48.7 Å². The number of aromatic nitrogens is 9. The van der Waals surface area contributed by atoms with E-state index in [4.69, 9.17) is 14.8 Å². The molecule has 0 aliphatic carbocycles. The molecule has 5 aromatic rings. The molecule has 0 atom stereocenters. The minimum atomic E-state index is 0.264. The van der Waals surface area contributed by atoms with Crippen molar-refractivity contribution in [2.24, 2.45) is 7.05 Å². The number of nitrogens with zero attached hydrogens (tertiary/aromatic N) is 8. The van der Waals surface area contributed by atoms with Gasteiger partial charge in [0.25, 0.3) is 0 Å². The highest BCUT2D eigenvalue weighted by Crippen LogP contribution is 2.32. The molecule has 5 aromatic heterocycles. The molecule has 0 radical (unpaired) electrons. The number of methoxy groups -OCH3 is 1. The summed E-state index contributed by atoms with van der Waals surface area (Å²) in [5.41, 5.74) is 3.68. The van der Waals surface area contributed by atoms with E-state index < -0.39 is 0 Å². The number of H-pyrrole nitrogens is 1. The summed E-state index contributed by atoms with van der Waals surface area (Å²) in [4.78, 5) is 17.5. The fraction of sp³-hybridized carbons (Fsp3) is 0.158. The van der Waals surface area contributed by atoms with E-state index >= 15 is 0 Å². The Morgan fingerprint density at radius 2 is 2.00 bits per heavy atom. The number of fused-ring (bicyclic) bond motifs is 1. The number of imidazole rings is 1. The largest absolute Gasteiger partial charge is 0.467 e. The summed E-state index contributed by atoms with van der Waals surface area (Å²) in [6.07, 6.45) is 8.84. The first kappa shape index (κ1) is 17.8. The summed E-state index contributed by atoms with van der Waals surface area (Å²) >= 11 is 0. The molecule has 0 saturated carbocycles. The van der Waals surface area contributed by atoms with E-state index in [9.17, 15) is 0 Å². The summed E-state index contributed by atoms with van der Waals surface area (Å²) in [7, 11) is 3.42. The van der Waals surface area contributed by atoms with Gasteiger partial charge in [-0.2, -0.15) is 10.1 Å². The first-order valence-electron chi connectivity index (χ1n) is 9.15. The number of nitrogens with one attached hydrogen (secondary N) is 2. The second-order valence-electron chi connectivity index (χ2n) is 6.63. The fourth-order valence-electron chi connectivity index (χ4n) is 3.30. The molecule has 0 fully saturated rings. The number of hydrogen-bond acceptors (Lipinski definition) is 8. The highest BCUT2D eigenvalue weighted by atomic mass is 16.5. The van der Waals surface area contributed by atoms with Gasteiger partial charge in [-0.1, -0.05) is 0 Å². The Balaban J connectivity index is 1.72. The van der Waals surface area contributed by atoms with Gasteiger partial charge in [-0.15, -0.1) is 5.10 Å². The molecule has 30 heavy (non-hydrogen) atoms. The van der Waals surface area contributed by atoms with E-state index in [1.165, 1.54) is 7.11 Å². The van der Waals surface area contributed by atoms with E-state index in [1.807, 2.05) is 37.0 Å². The third-order valence-electron chi connectivity index (χ3n) is 4.76. The van der Waals surface area contributed by atoms with Crippen LogP contribution in [-0.4, -0.2) is 51.4 Å². The lowest BCUT2D eigenvalue weighted by Crippen LogP contribution is -2.07. The van der Waals surface area contributed by atoms with Gasteiger partial charge in [0.1, 0.15) is 11.3 Å². The lowest BCUT2D eigenvalue weighted by Gasteiger charge is -2.10. The van der Waals surface area contributed by atoms with Crippen LogP contribution in [0, 0.1) is 6.92 Å². The first-order valence-corrected chi connectivity index (χ1v) is 9.15. The molecule has 0 saturated heterocycles. The van der Waals surface area contributed by atoms with Crippen molar-refractivity contribution in [2.75, 3.05) is 12.4 Å². The van der Waals surface area contributed by atoms with Crippen molar-refractivity contribution in [1.29, 1.82) is 0 Å². The van der Waals surface area contributed by atoms with Gasteiger partial charge < -0.3 is 14.6 Å². The lowest BCUT2D eigenvalue weighted by molar-refractivity contribution is 0.380. The predicted octanol–water partition coefficient (Wildman–Crippen LogP) is 2.37. The molecule has 11 nitrogen and oxygen atoms in total. The van der Waals surface area contributed by atoms with Crippen LogP contribution in [0.2, 0.25) is 0 Å². The Bertz CT molecular complexity index is 1340. The second kappa shape index (κ2) is 6.95. The maximum Gasteiger partial charge on any atom is 0.318 e. The van der Waals surface area contributed by atoms with Gasteiger partial charge in [0.05, 0.1) is 12.8 Å². The van der Waals surface area contributed by atoms with Crippen LogP contribution in [0.3, 0.4) is 0 Å². The van der Waals surface area contributed by atoms with E-state index in [0.717, 1.165) is 22.3 Å². The minimum absolute atomic E-state index is 0.264. The molecule has 150 valence electrons. The van der Waals surface area contributed by atoms with Crippen LogP contribution in [0.1, 0.15) is 5.56 Å². The quantitative estimate of drug-likeness (QED) is 0.459. The SMILES string of the molecule is COc1nccc(Nc2nc(-c3nccn3C)nn3cc(-c4ccn[nH]4)c(C)c23)n1. The molecule has 0 spiro atoms. The summed E-state index contributed by atoms with van der Waals surface area (Å²) in [6, 6.07) is 3.92. The standard InChI is InChI=1S/C19H18N10O/c1-11-12(13-4-7-22-26-13)10-29-15(11)16(23-14-5-6-21-19(24-14)30-3)25-17(27-29)18-20-8-9-28(18)2/h4-10H,1-3H3,(H,22,26)(H,21,23,24,25,27). The smallest absolute Gasteiger partial charge is 0.318 e. The normalized spacial score (nSPS) is 11.2. The molecule has 0 unspecified atom stereocenters. The van der Waals surface area contributed by atoms with E-state index in [1.54, 1.807) is 29.2 Å². The van der Waals surface area contributed by atoms with Gasteiger partial charge in [0, 0.05) is 43.6 Å². The van der Waals surface area contributed by atoms with Gasteiger partial charge in [0.2, 0.25) is 5.82 Å². The summed E-state index contributed by atoms with van der Waals surface area (Å²) in [6.45, 7) is 2.01. The number of ether oxygens (including phenoxy) is 1. The van der Waals surface area contributed by atoms with Crippen LogP contribution in [-0.2, 0) is 7.05 Å². The highest BCUT2D eigenvalue weighted by Gasteiger charge is 2.19. The zero-order valence-electron chi connectivity index (χ0n) is 16.5. The van der Waals surface area contributed by atoms with Crippen molar-refractivity contribution in [3.63, 3.8) is 0 Å². The Kier molecular flexibility index (Phi) is 4.12. The molecular weight excluding hydrogens is 384 g/mol. The van der Waals surface area contributed by atoms with Crippen LogP contribution in [0.25, 0.3) is 28.4 Å². The highest BCUT2D eigenvalue weighted by molar-refractivity contribution is 5.83. The van der Waals surface area contributed by atoms with Crippen LogP contribution in [0.15, 0.2) is 43.1 Å². The molecule has 2 N–H and O–H groups in total. The summed E-state index contributed by atoms with van der Waals surface area (Å²) < 4.78 is 8.79. The van der Waals surface area contributed by atoms with Crippen LogP contribution >= 0.6 is 0 Å². The average molecular weight is 402 g/mol.